The molecule has 2 aliphatic heterocycles. The Balaban J connectivity index is 1.55. The maximum Gasteiger partial charge on any atom is 0.241 e. The van der Waals surface area contributed by atoms with Crippen molar-refractivity contribution in [3.63, 3.8) is 0 Å². The van der Waals surface area contributed by atoms with Gasteiger partial charge in [-0.25, -0.2) is 4.39 Å². The van der Waals surface area contributed by atoms with E-state index in [1.165, 1.54) is 29.2 Å². The summed E-state index contributed by atoms with van der Waals surface area (Å²) in [5.74, 6) is -1.43. The van der Waals surface area contributed by atoms with E-state index in [-0.39, 0.29) is 43.0 Å². The molecule has 3 amide bonds. The number of rotatable bonds is 4. The van der Waals surface area contributed by atoms with E-state index >= 15 is 0 Å². The second kappa shape index (κ2) is 6.36. The van der Waals surface area contributed by atoms with Crippen LogP contribution in [-0.4, -0.2) is 48.8 Å². The molecule has 2 fully saturated rings. The summed E-state index contributed by atoms with van der Waals surface area (Å²) in [5.41, 5.74) is 0.573. The Morgan fingerprint density at radius 2 is 1.91 bits per heavy atom. The number of anilines is 1. The molecule has 7 heteroatoms. The molecule has 0 spiro atoms. The van der Waals surface area contributed by atoms with Crippen molar-refractivity contribution in [2.24, 2.45) is 5.92 Å². The van der Waals surface area contributed by atoms with Crippen molar-refractivity contribution in [3.05, 3.63) is 30.1 Å². The van der Waals surface area contributed by atoms with Crippen molar-refractivity contribution in [3.8, 4) is 0 Å². The summed E-state index contributed by atoms with van der Waals surface area (Å²) < 4.78 is 12.9. The van der Waals surface area contributed by atoms with Gasteiger partial charge >= 0.3 is 0 Å². The predicted molar refractivity (Wildman–Crippen MR) is 81.1 cm³/mol. The predicted octanol–water partition coefficient (Wildman–Crippen LogP) is 0.527. The van der Waals surface area contributed by atoms with Gasteiger partial charge in [-0.15, -0.1) is 0 Å². The van der Waals surface area contributed by atoms with E-state index < -0.39 is 5.92 Å². The minimum absolute atomic E-state index is 0.0277. The lowest BCUT2D eigenvalue weighted by molar-refractivity contribution is -0.136. The third-order valence-electron chi connectivity index (χ3n) is 4.26. The smallest absolute Gasteiger partial charge is 0.241 e. The van der Waals surface area contributed by atoms with Crippen LogP contribution in [0.15, 0.2) is 24.3 Å². The third kappa shape index (κ3) is 3.33. The van der Waals surface area contributed by atoms with Gasteiger partial charge in [-0.1, -0.05) is 0 Å². The van der Waals surface area contributed by atoms with Crippen LogP contribution in [0.1, 0.15) is 12.8 Å². The van der Waals surface area contributed by atoms with Crippen molar-refractivity contribution < 1.29 is 18.8 Å². The van der Waals surface area contributed by atoms with Crippen LogP contribution in [-0.2, 0) is 14.4 Å². The summed E-state index contributed by atoms with van der Waals surface area (Å²) >= 11 is 0. The molecule has 1 aromatic rings. The van der Waals surface area contributed by atoms with Crippen molar-refractivity contribution in [1.29, 1.82) is 0 Å². The summed E-state index contributed by atoms with van der Waals surface area (Å²) in [4.78, 5) is 39.1. The zero-order valence-electron chi connectivity index (χ0n) is 12.6. The lowest BCUT2D eigenvalue weighted by atomic mass is 10.1. The van der Waals surface area contributed by atoms with Crippen molar-refractivity contribution in [1.82, 2.24) is 10.2 Å². The maximum atomic E-state index is 12.9. The van der Waals surface area contributed by atoms with Gasteiger partial charge in [-0.05, 0) is 30.7 Å². The molecule has 2 aliphatic rings. The fourth-order valence-corrected chi connectivity index (χ4v) is 2.74. The third-order valence-corrected chi connectivity index (χ3v) is 4.26. The van der Waals surface area contributed by atoms with Crippen LogP contribution in [0.4, 0.5) is 10.1 Å². The zero-order valence-corrected chi connectivity index (χ0v) is 12.6. The first kappa shape index (κ1) is 15.5. The van der Waals surface area contributed by atoms with E-state index in [1.54, 1.807) is 4.90 Å². The number of likely N-dealkylation sites (tertiary alicyclic amines) is 1. The van der Waals surface area contributed by atoms with Crippen LogP contribution in [0, 0.1) is 11.7 Å². The number of carbonyl (C=O) groups excluding carboxylic acids is 3. The number of nitrogens with zero attached hydrogens (tertiary/aromatic N) is 2. The van der Waals surface area contributed by atoms with E-state index in [9.17, 15) is 18.8 Å². The normalized spacial score (nSPS) is 20.4. The van der Waals surface area contributed by atoms with Crippen molar-refractivity contribution >= 4 is 23.4 Å². The van der Waals surface area contributed by atoms with Crippen LogP contribution >= 0.6 is 0 Å². The summed E-state index contributed by atoms with van der Waals surface area (Å²) in [6.45, 7) is 1.71. The van der Waals surface area contributed by atoms with Gasteiger partial charge in [0.1, 0.15) is 5.82 Å². The molecule has 2 heterocycles. The number of hydrogen-bond acceptors (Lipinski definition) is 3. The standard InChI is InChI=1S/C16H18FN3O3/c17-12-2-4-13(5-3-12)20-10-11(8-14(20)21)16(23)18-9-15(22)19-6-1-7-19/h2-5,11H,1,6-10H2,(H,18,23). The van der Waals surface area contributed by atoms with Crippen LogP contribution in [0.25, 0.3) is 0 Å². The number of carbonyl (C=O) groups is 3. The Morgan fingerprint density at radius 3 is 2.52 bits per heavy atom. The second-order valence-electron chi connectivity index (χ2n) is 5.83. The van der Waals surface area contributed by atoms with Gasteiger partial charge < -0.3 is 15.1 Å². The lowest BCUT2D eigenvalue weighted by Crippen LogP contribution is -2.48. The Morgan fingerprint density at radius 1 is 1.22 bits per heavy atom. The molecule has 1 unspecified atom stereocenters. The highest BCUT2D eigenvalue weighted by molar-refractivity contribution is 6.00. The highest BCUT2D eigenvalue weighted by Gasteiger charge is 2.35. The van der Waals surface area contributed by atoms with Gasteiger partial charge in [-0.3, -0.25) is 14.4 Å². The molecule has 6 nitrogen and oxygen atoms in total. The van der Waals surface area contributed by atoms with Gasteiger partial charge in [0.15, 0.2) is 0 Å². The highest BCUT2D eigenvalue weighted by Crippen LogP contribution is 2.25. The topological polar surface area (TPSA) is 69.7 Å². The van der Waals surface area contributed by atoms with Gasteiger partial charge in [0.05, 0.1) is 12.5 Å². The number of hydrogen-bond donors (Lipinski definition) is 1. The van der Waals surface area contributed by atoms with E-state index in [0.717, 1.165) is 19.5 Å². The Labute approximate surface area is 133 Å². The van der Waals surface area contributed by atoms with Crippen LogP contribution in [0.2, 0.25) is 0 Å². The number of amides is 3. The Bertz CT molecular complexity index is 628. The van der Waals surface area contributed by atoms with E-state index in [4.69, 9.17) is 0 Å². The molecule has 0 bridgehead atoms. The number of nitrogens with one attached hydrogen (secondary N) is 1. The van der Waals surface area contributed by atoms with Crippen LogP contribution in [0.5, 0.6) is 0 Å². The fourth-order valence-electron chi connectivity index (χ4n) is 2.74. The molecule has 3 rings (SSSR count). The Kier molecular flexibility index (Phi) is 4.27. The molecule has 0 aliphatic carbocycles. The van der Waals surface area contributed by atoms with E-state index in [2.05, 4.69) is 5.32 Å². The minimum Gasteiger partial charge on any atom is -0.347 e. The van der Waals surface area contributed by atoms with Crippen molar-refractivity contribution in [2.75, 3.05) is 31.1 Å². The first-order valence-electron chi connectivity index (χ1n) is 7.66. The highest BCUT2D eigenvalue weighted by atomic mass is 19.1. The average Bonchev–Trinajstić information content (AvgIpc) is 2.86. The van der Waals surface area contributed by atoms with Gasteiger partial charge in [0.25, 0.3) is 0 Å². The number of benzene rings is 1. The van der Waals surface area contributed by atoms with Gasteiger partial charge in [0, 0.05) is 31.7 Å². The summed E-state index contributed by atoms with van der Waals surface area (Å²) in [7, 11) is 0. The van der Waals surface area contributed by atoms with Gasteiger partial charge in [0.2, 0.25) is 17.7 Å². The SMILES string of the molecule is O=C(NCC(=O)N1CCC1)C1CC(=O)N(c2ccc(F)cc2)C1. The first-order chi connectivity index (χ1) is 11.0. The minimum atomic E-state index is -0.489. The first-order valence-corrected chi connectivity index (χ1v) is 7.66. The zero-order chi connectivity index (χ0) is 16.4. The molecular weight excluding hydrogens is 301 g/mol. The average molecular weight is 319 g/mol. The van der Waals surface area contributed by atoms with Gasteiger partial charge in [-0.2, -0.15) is 0 Å². The molecule has 0 radical (unpaired) electrons. The Hall–Kier alpha value is -2.44. The maximum absolute atomic E-state index is 12.9. The van der Waals surface area contributed by atoms with Crippen molar-refractivity contribution in [2.45, 2.75) is 12.8 Å². The van der Waals surface area contributed by atoms with E-state index in [0.29, 0.717) is 5.69 Å². The fraction of sp³-hybridized carbons (Fsp3) is 0.438. The molecule has 0 saturated carbocycles. The quantitative estimate of drug-likeness (QED) is 0.880. The summed E-state index contributed by atoms with van der Waals surface area (Å²) in [6.07, 6.45) is 1.10. The molecule has 1 aromatic carbocycles. The molecule has 1 atom stereocenters. The largest absolute Gasteiger partial charge is 0.347 e. The summed E-state index contributed by atoms with van der Waals surface area (Å²) in [5, 5.41) is 2.61. The lowest BCUT2D eigenvalue weighted by Gasteiger charge is -2.31. The van der Waals surface area contributed by atoms with E-state index in [1.807, 2.05) is 0 Å². The molecule has 0 aromatic heterocycles. The van der Waals surface area contributed by atoms with Crippen LogP contribution < -0.4 is 10.2 Å². The number of halogens is 1. The monoisotopic (exact) mass is 319 g/mol. The second-order valence-corrected chi connectivity index (χ2v) is 5.83. The summed E-state index contributed by atoms with van der Waals surface area (Å²) in [6, 6.07) is 5.59. The molecule has 23 heavy (non-hydrogen) atoms. The molecule has 2 saturated heterocycles. The molecule has 122 valence electrons. The molecule has 1 N–H and O–H groups in total. The molecular formula is C16H18FN3O3. The van der Waals surface area contributed by atoms with Crippen LogP contribution in [0.3, 0.4) is 0 Å².